The molecule has 0 heterocycles. The SMILES string of the molecule is CC(C)O.CC(O)C(=O)[O-].[Na+]. The van der Waals surface area contributed by atoms with Crippen LogP contribution in [0.5, 0.6) is 0 Å². The Morgan fingerprint density at radius 3 is 1.36 bits per heavy atom. The second kappa shape index (κ2) is 10.4. The Bertz CT molecular complexity index is 89.8. The first-order chi connectivity index (χ1) is 4.37. The van der Waals surface area contributed by atoms with E-state index in [1.54, 1.807) is 13.8 Å². The Hall–Kier alpha value is 0.390. The molecule has 0 saturated carbocycles. The molecule has 11 heavy (non-hydrogen) atoms. The van der Waals surface area contributed by atoms with Gasteiger partial charge in [-0.15, -0.1) is 0 Å². The minimum atomic E-state index is -1.44. The molecule has 4 nitrogen and oxygen atoms in total. The van der Waals surface area contributed by atoms with Crippen LogP contribution in [0.2, 0.25) is 0 Å². The number of carbonyl (C=O) groups excluding carboxylic acids is 1. The summed E-state index contributed by atoms with van der Waals surface area (Å²) in [4.78, 5) is 9.34. The molecule has 62 valence electrons. The summed E-state index contributed by atoms with van der Waals surface area (Å²) >= 11 is 0. The molecule has 0 bridgehead atoms. The Morgan fingerprint density at radius 2 is 1.36 bits per heavy atom. The number of aliphatic carboxylic acids is 1. The van der Waals surface area contributed by atoms with Crippen LogP contribution in [-0.2, 0) is 4.79 Å². The summed E-state index contributed by atoms with van der Waals surface area (Å²) in [7, 11) is 0. The van der Waals surface area contributed by atoms with Gasteiger partial charge >= 0.3 is 29.6 Å². The van der Waals surface area contributed by atoms with Crippen LogP contribution in [0.3, 0.4) is 0 Å². The first-order valence-corrected chi connectivity index (χ1v) is 2.95. The van der Waals surface area contributed by atoms with Crippen molar-refractivity contribution in [3.05, 3.63) is 0 Å². The minimum absolute atomic E-state index is 0. The van der Waals surface area contributed by atoms with E-state index in [-0.39, 0.29) is 35.7 Å². The third-order valence-corrected chi connectivity index (χ3v) is 0.341. The van der Waals surface area contributed by atoms with E-state index >= 15 is 0 Å². The number of aliphatic hydroxyl groups is 2. The Labute approximate surface area is 88.5 Å². The number of carboxylic acids is 1. The summed E-state index contributed by atoms with van der Waals surface area (Å²) in [6.07, 6.45) is -1.51. The minimum Gasteiger partial charge on any atom is -0.547 e. The molecule has 0 radical (unpaired) electrons. The molecule has 0 aliphatic heterocycles. The zero-order chi connectivity index (χ0) is 8.73. The fourth-order valence-corrected chi connectivity index (χ4v) is 0. The zero-order valence-electron chi connectivity index (χ0n) is 7.37. The maximum absolute atomic E-state index is 9.34. The van der Waals surface area contributed by atoms with E-state index in [4.69, 9.17) is 10.2 Å². The third-order valence-electron chi connectivity index (χ3n) is 0.341. The van der Waals surface area contributed by atoms with Gasteiger partial charge in [0, 0.05) is 6.10 Å². The summed E-state index contributed by atoms with van der Waals surface area (Å²) in [5.41, 5.74) is 0. The summed E-state index contributed by atoms with van der Waals surface area (Å²) < 4.78 is 0. The van der Waals surface area contributed by atoms with E-state index < -0.39 is 12.1 Å². The molecule has 1 atom stereocenters. The molecule has 0 fully saturated rings. The average molecular weight is 172 g/mol. The fraction of sp³-hybridized carbons (Fsp3) is 0.833. The van der Waals surface area contributed by atoms with E-state index in [9.17, 15) is 9.90 Å². The average Bonchev–Trinajstić information content (AvgIpc) is 1.63. The number of hydrogen-bond acceptors (Lipinski definition) is 4. The van der Waals surface area contributed by atoms with E-state index in [1.165, 1.54) is 0 Å². The van der Waals surface area contributed by atoms with Crippen LogP contribution in [0.15, 0.2) is 0 Å². The van der Waals surface area contributed by atoms with Gasteiger partial charge < -0.3 is 20.1 Å². The van der Waals surface area contributed by atoms with E-state index in [0.717, 1.165) is 6.92 Å². The number of carboxylic acid groups (broad SMARTS) is 1. The van der Waals surface area contributed by atoms with Crippen LogP contribution in [0, 0.1) is 0 Å². The summed E-state index contributed by atoms with van der Waals surface area (Å²) in [5, 5.41) is 25.4. The van der Waals surface area contributed by atoms with Crippen LogP contribution in [0.1, 0.15) is 20.8 Å². The molecule has 0 aromatic heterocycles. The smallest absolute Gasteiger partial charge is 0.547 e. The molecule has 2 N–H and O–H groups in total. The number of carbonyl (C=O) groups is 1. The largest absolute Gasteiger partial charge is 1.00 e. The second-order valence-electron chi connectivity index (χ2n) is 2.09. The van der Waals surface area contributed by atoms with Crippen molar-refractivity contribution in [1.82, 2.24) is 0 Å². The van der Waals surface area contributed by atoms with Crippen molar-refractivity contribution in [2.75, 3.05) is 0 Å². The molecule has 0 aromatic rings. The molecule has 0 saturated heterocycles. The molecular weight excluding hydrogens is 159 g/mol. The van der Waals surface area contributed by atoms with Crippen LogP contribution in [0.4, 0.5) is 0 Å². The van der Waals surface area contributed by atoms with Crippen molar-refractivity contribution in [2.45, 2.75) is 33.0 Å². The first kappa shape index (κ1) is 17.5. The summed E-state index contributed by atoms with van der Waals surface area (Å²) in [6.45, 7) is 4.58. The standard InChI is InChI=1S/C3H6O3.C3H8O.Na/c1-2(4)3(5)6;1-3(2)4;/h2,4H,1H3,(H,5,6);3-4H,1-2H3;/q;;+1/p-1. The maximum atomic E-state index is 9.34. The van der Waals surface area contributed by atoms with Crippen molar-refractivity contribution in [2.24, 2.45) is 0 Å². The van der Waals surface area contributed by atoms with Gasteiger partial charge in [0.2, 0.25) is 0 Å². The van der Waals surface area contributed by atoms with E-state index in [0.29, 0.717) is 0 Å². The molecule has 0 aliphatic carbocycles. The van der Waals surface area contributed by atoms with Crippen LogP contribution < -0.4 is 34.7 Å². The number of aliphatic hydroxyl groups excluding tert-OH is 2. The van der Waals surface area contributed by atoms with Gasteiger partial charge in [0.05, 0.1) is 12.1 Å². The molecule has 5 heteroatoms. The first-order valence-electron chi connectivity index (χ1n) is 2.95. The number of hydrogen-bond donors (Lipinski definition) is 2. The predicted molar refractivity (Wildman–Crippen MR) is 34.0 cm³/mol. The molecule has 1 unspecified atom stereocenters. The monoisotopic (exact) mass is 172 g/mol. The fourth-order valence-electron chi connectivity index (χ4n) is 0. The van der Waals surface area contributed by atoms with Gasteiger partial charge in [-0.1, -0.05) is 0 Å². The quantitative estimate of drug-likeness (QED) is 0.391. The van der Waals surface area contributed by atoms with Gasteiger partial charge in [-0.2, -0.15) is 0 Å². The Morgan fingerprint density at radius 1 is 1.27 bits per heavy atom. The van der Waals surface area contributed by atoms with Crippen molar-refractivity contribution in [1.29, 1.82) is 0 Å². The summed E-state index contributed by atoms with van der Waals surface area (Å²) in [5.74, 6) is -1.44. The normalized spacial score (nSPS) is 10.7. The molecule has 0 amide bonds. The van der Waals surface area contributed by atoms with Crippen molar-refractivity contribution in [3.63, 3.8) is 0 Å². The van der Waals surface area contributed by atoms with Gasteiger partial charge in [-0.05, 0) is 20.8 Å². The third kappa shape index (κ3) is 37.9. The molecule has 0 rings (SSSR count). The molecule has 0 aliphatic rings. The van der Waals surface area contributed by atoms with Crippen LogP contribution >= 0.6 is 0 Å². The summed E-state index contributed by atoms with van der Waals surface area (Å²) in [6, 6.07) is 0. The van der Waals surface area contributed by atoms with Crippen molar-refractivity contribution >= 4 is 5.97 Å². The zero-order valence-corrected chi connectivity index (χ0v) is 9.37. The van der Waals surface area contributed by atoms with E-state index in [2.05, 4.69) is 0 Å². The maximum Gasteiger partial charge on any atom is 1.00 e. The molecule has 0 spiro atoms. The van der Waals surface area contributed by atoms with E-state index in [1.807, 2.05) is 0 Å². The Balaban J connectivity index is -0.000000114. The van der Waals surface area contributed by atoms with Gasteiger partial charge in [-0.25, -0.2) is 0 Å². The second-order valence-corrected chi connectivity index (χ2v) is 2.09. The molecule has 0 aromatic carbocycles. The number of rotatable bonds is 1. The van der Waals surface area contributed by atoms with Crippen molar-refractivity contribution < 1.29 is 49.7 Å². The van der Waals surface area contributed by atoms with Gasteiger partial charge in [-0.3, -0.25) is 0 Å². The predicted octanol–water partition coefficient (Wildman–Crippen LogP) is -4.49. The van der Waals surface area contributed by atoms with Crippen molar-refractivity contribution in [3.8, 4) is 0 Å². The van der Waals surface area contributed by atoms with Gasteiger partial charge in [0.15, 0.2) is 0 Å². The Kier molecular flexibility index (Phi) is 16.5. The van der Waals surface area contributed by atoms with Crippen LogP contribution in [0.25, 0.3) is 0 Å². The topological polar surface area (TPSA) is 80.6 Å². The van der Waals surface area contributed by atoms with Gasteiger partial charge in [0.25, 0.3) is 0 Å². The molecular formula is C6H13NaO4. The van der Waals surface area contributed by atoms with Gasteiger partial charge in [0.1, 0.15) is 0 Å². The van der Waals surface area contributed by atoms with Crippen LogP contribution in [-0.4, -0.2) is 28.4 Å².